The minimum absolute atomic E-state index is 0.780. The minimum Gasteiger partial charge on any atom is -0.344 e. The van der Waals surface area contributed by atoms with E-state index in [2.05, 4.69) is 31.0 Å². The Labute approximate surface area is 101 Å². The van der Waals surface area contributed by atoms with Crippen molar-refractivity contribution >= 4 is 23.0 Å². The molecular formula is C14H14ClN. The molecular weight excluding hydrogens is 218 g/mol. The van der Waals surface area contributed by atoms with Crippen LogP contribution in [0.25, 0.3) is 0 Å². The molecule has 0 N–H and O–H groups in total. The van der Waals surface area contributed by atoms with Crippen molar-refractivity contribution < 1.29 is 0 Å². The van der Waals surface area contributed by atoms with Gasteiger partial charge in [-0.15, -0.1) is 0 Å². The molecule has 2 aromatic carbocycles. The predicted octanol–water partition coefficient (Wildman–Crippen LogP) is 4.42. The van der Waals surface area contributed by atoms with Crippen LogP contribution in [0.2, 0.25) is 5.02 Å². The van der Waals surface area contributed by atoms with E-state index in [1.54, 1.807) is 0 Å². The lowest BCUT2D eigenvalue weighted by Crippen LogP contribution is -2.10. The van der Waals surface area contributed by atoms with Gasteiger partial charge in [-0.3, -0.25) is 0 Å². The van der Waals surface area contributed by atoms with Crippen LogP contribution in [0.5, 0.6) is 0 Å². The molecule has 0 fully saturated rings. The molecule has 0 radical (unpaired) electrons. The number of hydrogen-bond donors (Lipinski definition) is 0. The smallest absolute Gasteiger partial charge is 0.0438 e. The first-order chi connectivity index (χ1) is 7.68. The molecule has 2 heteroatoms. The van der Waals surface area contributed by atoms with E-state index >= 15 is 0 Å². The predicted molar refractivity (Wildman–Crippen MR) is 70.7 cm³/mol. The highest BCUT2D eigenvalue weighted by Crippen LogP contribution is 2.28. The van der Waals surface area contributed by atoms with Crippen LogP contribution in [-0.2, 0) is 0 Å². The van der Waals surface area contributed by atoms with Gasteiger partial charge in [-0.1, -0.05) is 29.8 Å². The Balaban J connectivity index is 2.38. The molecule has 0 aromatic heterocycles. The van der Waals surface area contributed by atoms with Crippen molar-refractivity contribution in [2.75, 3.05) is 11.9 Å². The number of nitrogens with zero attached hydrogens (tertiary/aromatic N) is 1. The Morgan fingerprint density at radius 1 is 1.00 bits per heavy atom. The highest BCUT2D eigenvalue weighted by atomic mass is 35.5. The lowest BCUT2D eigenvalue weighted by atomic mass is 10.1. The summed E-state index contributed by atoms with van der Waals surface area (Å²) in [6.07, 6.45) is 0. The molecule has 82 valence electrons. The summed E-state index contributed by atoms with van der Waals surface area (Å²) in [7, 11) is 2.06. The van der Waals surface area contributed by atoms with E-state index in [4.69, 9.17) is 11.6 Å². The van der Waals surface area contributed by atoms with Crippen molar-refractivity contribution in [3.8, 4) is 0 Å². The molecule has 0 saturated heterocycles. The van der Waals surface area contributed by atoms with Crippen LogP contribution < -0.4 is 4.90 Å². The van der Waals surface area contributed by atoms with E-state index in [9.17, 15) is 0 Å². The number of halogens is 1. The van der Waals surface area contributed by atoms with E-state index in [1.165, 1.54) is 16.9 Å². The number of para-hydroxylation sites is 1. The lowest BCUT2D eigenvalue weighted by Gasteiger charge is -2.21. The van der Waals surface area contributed by atoms with Crippen LogP contribution in [0.3, 0.4) is 0 Å². The van der Waals surface area contributed by atoms with Gasteiger partial charge in [0.2, 0.25) is 0 Å². The summed E-state index contributed by atoms with van der Waals surface area (Å²) in [5, 5.41) is 0.780. The van der Waals surface area contributed by atoms with E-state index in [0.717, 1.165) is 5.02 Å². The average Bonchev–Trinajstić information content (AvgIpc) is 2.29. The summed E-state index contributed by atoms with van der Waals surface area (Å²) in [5.41, 5.74) is 3.53. The zero-order chi connectivity index (χ0) is 11.5. The van der Waals surface area contributed by atoms with E-state index < -0.39 is 0 Å². The van der Waals surface area contributed by atoms with Crippen LogP contribution in [-0.4, -0.2) is 7.05 Å². The maximum atomic E-state index is 5.95. The van der Waals surface area contributed by atoms with Crippen molar-refractivity contribution in [2.45, 2.75) is 6.92 Å². The first-order valence-electron chi connectivity index (χ1n) is 5.23. The van der Waals surface area contributed by atoms with Gasteiger partial charge in [0.25, 0.3) is 0 Å². The number of rotatable bonds is 2. The van der Waals surface area contributed by atoms with Crippen molar-refractivity contribution in [1.82, 2.24) is 0 Å². The van der Waals surface area contributed by atoms with Gasteiger partial charge < -0.3 is 4.90 Å². The fourth-order valence-corrected chi connectivity index (χ4v) is 2.01. The molecule has 2 rings (SSSR count). The largest absolute Gasteiger partial charge is 0.344 e. The molecule has 0 atom stereocenters. The fraction of sp³-hybridized carbons (Fsp3) is 0.143. The summed E-state index contributed by atoms with van der Waals surface area (Å²) in [4.78, 5) is 2.16. The second-order valence-corrected chi connectivity index (χ2v) is 4.26. The van der Waals surface area contributed by atoms with Crippen molar-refractivity contribution in [2.24, 2.45) is 0 Å². The van der Waals surface area contributed by atoms with Gasteiger partial charge in [-0.25, -0.2) is 0 Å². The van der Waals surface area contributed by atoms with Gasteiger partial charge in [0, 0.05) is 23.4 Å². The number of benzene rings is 2. The molecule has 1 nitrogen and oxygen atoms in total. The molecule has 16 heavy (non-hydrogen) atoms. The van der Waals surface area contributed by atoms with Crippen molar-refractivity contribution in [3.63, 3.8) is 0 Å². The maximum Gasteiger partial charge on any atom is 0.0438 e. The Hall–Kier alpha value is -1.47. The van der Waals surface area contributed by atoms with Crippen molar-refractivity contribution in [1.29, 1.82) is 0 Å². The monoisotopic (exact) mass is 231 g/mol. The second-order valence-electron chi connectivity index (χ2n) is 3.83. The van der Waals surface area contributed by atoms with Gasteiger partial charge in [0.15, 0.2) is 0 Å². The highest BCUT2D eigenvalue weighted by Gasteiger charge is 2.06. The van der Waals surface area contributed by atoms with Gasteiger partial charge >= 0.3 is 0 Å². The quantitative estimate of drug-likeness (QED) is 0.740. The molecule has 0 aliphatic heterocycles. The van der Waals surface area contributed by atoms with Crippen LogP contribution in [0.15, 0.2) is 48.5 Å². The normalized spacial score (nSPS) is 10.2. The topological polar surface area (TPSA) is 3.24 Å². The third kappa shape index (κ3) is 2.20. The molecule has 0 bridgehead atoms. The zero-order valence-corrected chi connectivity index (χ0v) is 10.2. The molecule has 0 aliphatic rings. The molecule has 0 amide bonds. The first kappa shape index (κ1) is 11.0. The van der Waals surface area contributed by atoms with Gasteiger partial charge in [0.1, 0.15) is 0 Å². The van der Waals surface area contributed by atoms with Crippen LogP contribution >= 0.6 is 11.6 Å². The van der Waals surface area contributed by atoms with Gasteiger partial charge in [0.05, 0.1) is 0 Å². The number of hydrogen-bond acceptors (Lipinski definition) is 1. The van der Waals surface area contributed by atoms with Crippen LogP contribution in [0.1, 0.15) is 5.56 Å². The van der Waals surface area contributed by atoms with E-state index in [0.29, 0.717) is 0 Å². The molecule has 2 aromatic rings. The molecule has 0 heterocycles. The highest BCUT2D eigenvalue weighted by molar-refractivity contribution is 6.30. The molecule has 0 unspecified atom stereocenters. The Morgan fingerprint density at radius 2 is 1.69 bits per heavy atom. The molecule has 0 aliphatic carbocycles. The Morgan fingerprint density at radius 3 is 2.31 bits per heavy atom. The molecule has 0 spiro atoms. The van der Waals surface area contributed by atoms with Crippen LogP contribution in [0.4, 0.5) is 11.4 Å². The second kappa shape index (κ2) is 4.58. The lowest BCUT2D eigenvalue weighted by molar-refractivity contribution is 1.18. The minimum atomic E-state index is 0.780. The third-order valence-electron chi connectivity index (χ3n) is 2.66. The maximum absolute atomic E-state index is 5.95. The van der Waals surface area contributed by atoms with Crippen molar-refractivity contribution in [3.05, 3.63) is 59.1 Å². The first-order valence-corrected chi connectivity index (χ1v) is 5.61. The Kier molecular flexibility index (Phi) is 3.16. The standard InChI is InChI=1S/C14H14ClN/c1-11-10-12(15)8-9-14(11)16(2)13-6-4-3-5-7-13/h3-10H,1-2H3. The number of anilines is 2. The summed E-state index contributed by atoms with van der Waals surface area (Å²) < 4.78 is 0. The fourth-order valence-electron chi connectivity index (χ4n) is 1.79. The molecule has 0 saturated carbocycles. The van der Waals surface area contributed by atoms with Crippen LogP contribution in [0, 0.1) is 6.92 Å². The average molecular weight is 232 g/mol. The van der Waals surface area contributed by atoms with E-state index in [1.807, 2.05) is 36.4 Å². The summed E-state index contributed by atoms with van der Waals surface area (Å²) in [6, 6.07) is 16.2. The summed E-state index contributed by atoms with van der Waals surface area (Å²) in [5.74, 6) is 0. The van der Waals surface area contributed by atoms with Gasteiger partial charge in [-0.2, -0.15) is 0 Å². The Bertz CT molecular complexity index is 479. The summed E-state index contributed by atoms with van der Waals surface area (Å²) >= 11 is 5.95. The van der Waals surface area contributed by atoms with Gasteiger partial charge in [-0.05, 0) is 42.8 Å². The SMILES string of the molecule is Cc1cc(Cl)ccc1N(C)c1ccccc1. The zero-order valence-electron chi connectivity index (χ0n) is 9.44. The van der Waals surface area contributed by atoms with E-state index in [-0.39, 0.29) is 0 Å². The number of aryl methyl sites for hydroxylation is 1. The third-order valence-corrected chi connectivity index (χ3v) is 2.90. The summed E-state index contributed by atoms with van der Waals surface area (Å²) in [6.45, 7) is 2.07.